The molecule has 0 saturated carbocycles. The molecule has 2 atom stereocenters. The number of ether oxygens (including phenoxy) is 1. The number of carbonyl (C=O) groups is 1. The molecule has 2 aromatic rings. The lowest BCUT2D eigenvalue weighted by Gasteiger charge is -2.42. The van der Waals surface area contributed by atoms with Crippen molar-refractivity contribution in [1.82, 2.24) is 5.32 Å². The SMILES string of the molecule is CC1(C)Oc2ccc(C#N)cc2C(NC(=O)c2ccco2)[C@@H]1O. The van der Waals surface area contributed by atoms with Gasteiger partial charge >= 0.3 is 0 Å². The van der Waals surface area contributed by atoms with Gasteiger partial charge in [0.1, 0.15) is 17.5 Å². The van der Waals surface area contributed by atoms with Crippen LogP contribution in [0.4, 0.5) is 0 Å². The van der Waals surface area contributed by atoms with E-state index >= 15 is 0 Å². The average molecular weight is 312 g/mol. The summed E-state index contributed by atoms with van der Waals surface area (Å²) in [5.41, 5.74) is 0.106. The van der Waals surface area contributed by atoms with Gasteiger partial charge in [-0.25, -0.2) is 0 Å². The average Bonchev–Trinajstić information content (AvgIpc) is 3.05. The Bertz CT molecular complexity index is 774. The maximum atomic E-state index is 12.3. The highest BCUT2D eigenvalue weighted by Crippen LogP contribution is 2.40. The quantitative estimate of drug-likeness (QED) is 0.886. The molecule has 1 aromatic carbocycles. The number of nitrogens with one attached hydrogen (secondary N) is 1. The third kappa shape index (κ3) is 2.67. The fourth-order valence-electron chi connectivity index (χ4n) is 2.65. The van der Waals surface area contributed by atoms with E-state index in [0.717, 1.165) is 0 Å². The van der Waals surface area contributed by atoms with E-state index in [1.54, 1.807) is 44.2 Å². The Morgan fingerprint density at radius 1 is 1.39 bits per heavy atom. The molecular weight excluding hydrogens is 296 g/mol. The van der Waals surface area contributed by atoms with E-state index in [0.29, 0.717) is 16.9 Å². The number of aliphatic hydroxyl groups is 1. The second-order valence-corrected chi connectivity index (χ2v) is 5.94. The molecule has 1 aliphatic heterocycles. The summed E-state index contributed by atoms with van der Waals surface area (Å²) in [6.07, 6.45) is 0.420. The number of fused-ring (bicyclic) bond motifs is 1. The second kappa shape index (κ2) is 5.45. The number of rotatable bonds is 2. The first-order valence-corrected chi connectivity index (χ1v) is 7.18. The number of furan rings is 1. The van der Waals surface area contributed by atoms with Gasteiger partial charge in [-0.3, -0.25) is 4.79 Å². The maximum Gasteiger partial charge on any atom is 0.287 e. The zero-order chi connectivity index (χ0) is 16.6. The topological polar surface area (TPSA) is 95.5 Å². The molecule has 1 aromatic heterocycles. The molecule has 0 bridgehead atoms. The molecule has 23 heavy (non-hydrogen) atoms. The lowest BCUT2D eigenvalue weighted by molar-refractivity contribution is -0.0628. The molecule has 0 aliphatic carbocycles. The van der Waals surface area contributed by atoms with E-state index in [9.17, 15) is 9.90 Å². The largest absolute Gasteiger partial charge is 0.485 e. The molecule has 6 heteroatoms. The Hall–Kier alpha value is -2.78. The van der Waals surface area contributed by atoms with Gasteiger partial charge in [0.15, 0.2) is 5.76 Å². The van der Waals surface area contributed by atoms with E-state index in [2.05, 4.69) is 5.32 Å². The first-order valence-electron chi connectivity index (χ1n) is 7.18. The van der Waals surface area contributed by atoms with Gasteiger partial charge in [0, 0.05) is 5.56 Å². The predicted octanol–water partition coefficient (Wildman–Crippen LogP) is 2.15. The third-order valence-electron chi connectivity index (χ3n) is 3.91. The van der Waals surface area contributed by atoms with Gasteiger partial charge < -0.3 is 19.6 Å². The third-order valence-corrected chi connectivity index (χ3v) is 3.91. The van der Waals surface area contributed by atoms with Crippen LogP contribution in [0, 0.1) is 11.3 Å². The molecule has 0 fully saturated rings. The minimum Gasteiger partial charge on any atom is -0.485 e. The highest BCUT2D eigenvalue weighted by molar-refractivity contribution is 5.91. The molecule has 1 unspecified atom stereocenters. The van der Waals surface area contributed by atoms with E-state index < -0.39 is 23.7 Å². The van der Waals surface area contributed by atoms with Gasteiger partial charge in [-0.2, -0.15) is 5.26 Å². The number of hydrogen-bond donors (Lipinski definition) is 2. The summed E-state index contributed by atoms with van der Waals surface area (Å²) in [7, 11) is 0. The molecule has 118 valence electrons. The number of nitrogens with zero attached hydrogens (tertiary/aromatic N) is 1. The normalized spacial score (nSPS) is 21.7. The fourth-order valence-corrected chi connectivity index (χ4v) is 2.65. The van der Waals surface area contributed by atoms with Crippen LogP contribution in [0.15, 0.2) is 41.0 Å². The van der Waals surface area contributed by atoms with Crippen molar-refractivity contribution < 1.29 is 19.1 Å². The molecule has 2 heterocycles. The minimum atomic E-state index is -0.983. The summed E-state index contributed by atoms with van der Waals surface area (Å²) < 4.78 is 10.9. The summed E-state index contributed by atoms with van der Waals surface area (Å²) >= 11 is 0. The van der Waals surface area contributed by atoms with Crippen molar-refractivity contribution in [3.63, 3.8) is 0 Å². The first kappa shape index (κ1) is 15.1. The van der Waals surface area contributed by atoms with Crippen LogP contribution >= 0.6 is 0 Å². The summed E-state index contributed by atoms with van der Waals surface area (Å²) in [4.78, 5) is 12.3. The van der Waals surface area contributed by atoms with Crippen molar-refractivity contribution >= 4 is 5.91 Å². The number of nitriles is 1. The van der Waals surface area contributed by atoms with Crippen molar-refractivity contribution in [3.8, 4) is 11.8 Å². The Labute approximate surface area is 133 Å². The smallest absolute Gasteiger partial charge is 0.287 e. The number of aliphatic hydroxyl groups excluding tert-OH is 1. The van der Waals surface area contributed by atoms with Gasteiger partial charge in [0.25, 0.3) is 5.91 Å². The van der Waals surface area contributed by atoms with Crippen LogP contribution < -0.4 is 10.1 Å². The number of benzene rings is 1. The van der Waals surface area contributed by atoms with Crippen molar-refractivity contribution in [2.75, 3.05) is 0 Å². The van der Waals surface area contributed by atoms with Crippen molar-refractivity contribution in [1.29, 1.82) is 5.26 Å². The molecular formula is C17H16N2O4. The maximum absolute atomic E-state index is 12.3. The monoisotopic (exact) mass is 312 g/mol. The molecule has 0 saturated heterocycles. The van der Waals surface area contributed by atoms with Gasteiger partial charge in [0.2, 0.25) is 0 Å². The zero-order valence-electron chi connectivity index (χ0n) is 12.7. The predicted molar refractivity (Wildman–Crippen MR) is 80.8 cm³/mol. The second-order valence-electron chi connectivity index (χ2n) is 5.94. The number of carbonyl (C=O) groups excluding carboxylic acids is 1. The summed E-state index contributed by atoms with van der Waals surface area (Å²) in [5.74, 6) is 0.244. The molecule has 1 amide bonds. The Morgan fingerprint density at radius 2 is 2.17 bits per heavy atom. The Morgan fingerprint density at radius 3 is 2.83 bits per heavy atom. The van der Waals surface area contributed by atoms with Crippen LogP contribution in [0.25, 0.3) is 0 Å². The molecule has 1 aliphatic rings. The van der Waals surface area contributed by atoms with E-state index in [4.69, 9.17) is 14.4 Å². The van der Waals surface area contributed by atoms with Crippen LogP contribution in [0.3, 0.4) is 0 Å². The molecule has 0 radical (unpaired) electrons. The van der Waals surface area contributed by atoms with Crippen LogP contribution in [0.5, 0.6) is 5.75 Å². The summed E-state index contributed by atoms with van der Waals surface area (Å²) in [6, 6.07) is 9.41. The van der Waals surface area contributed by atoms with Gasteiger partial charge in [-0.05, 0) is 44.2 Å². The van der Waals surface area contributed by atoms with Crippen molar-refractivity contribution in [3.05, 3.63) is 53.5 Å². The van der Waals surface area contributed by atoms with Crippen LogP contribution in [-0.4, -0.2) is 22.7 Å². The Kier molecular flexibility index (Phi) is 3.58. The van der Waals surface area contributed by atoms with Crippen LogP contribution in [0.2, 0.25) is 0 Å². The molecule has 2 N–H and O–H groups in total. The minimum absolute atomic E-state index is 0.152. The lowest BCUT2D eigenvalue weighted by atomic mass is 9.86. The summed E-state index contributed by atoms with van der Waals surface area (Å²) in [5, 5.41) is 22.4. The molecule has 6 nitrogen and oxygen atoms in total. The van der Waals surface area contributed by atoms with Crippen LogP contribution in [0.1, 0.15) is 41.6 Å². The lowest BCUT2D eigenvalue weighted by Crippen LogP contribution is -2.53. The van der Waals surface area contributed by atoms with Crippen LogP contribution in [-0.2, 0) is 0 Å². The van der Waals surface area contributed by atoms with E-state index in [1.165, 1.54) is 6.26 Å². The Balaban J connectivity index is 2.00. The highest BCUT2D eigenvalue weighted by atomic mass is 16.5. The van der Waals surface area contributed by atoms with Crippen molar-refractivity contribution in [2.45, 2.75) is 31.6 Å². The number of amides is 1. The van der Waals surface area contributed by atoms with Crippen molar-refractivity contribution in [2.24, 2.45) is 0 Å². The standard InChI is InChI=1S/C17H16N2O4/c1-17(2)15(20)14(19-16(21)13-4-3-7-22-13)11-8-10(9-18)5-6-12(11)23-17/h3-8,14-15,20H,1-2H3,(H,19,21)/t14?,15-/m0/s1. The highest BCUT2D eigenvalue weighted by Gasteiger charge is 2.43. The van der Waals surface area contributed by atoms with Gasteiger partial charge in [-0.1, -0.05) is 0 Å². The summed E-state index contributed by atoms with van der Waals surface area (Å²) in [6.45, 7) is 3.48. The van der Waals surface area contributed by atoms with E-state index in [-0.39, 0.29) is 5.76 Å². The van der Waals surface area contributed by atoms with Gasteiger partial charge in [-0.15, -0.1) is 0 Å². The number of hydrogen-bond acceptors (Lipinski definition) is 5. The fraction of sp³-hybridized carbons (Fsp3) is 0.294. The molecule has 0 spiro atoms. The first-order chi connectivity index (χ1) is 10.9. The molecule has 3 rings (SSSR count). The van der Waals surface area contributed by atoms with E-state index in [1.807, 2.05) is 6.07 Å². The van der Waals surface area contributed by atoms with Gasteiger partial charge in [0.05, 0.1) is 23.9 Å². The zero-order valence-corrected chi connectivity index (χ0v) is 12.7.